The van der Waals surface area contributed by atoms with E-state index in [0.29, 0.717) is 5.82 Å². The summed E-state index contributed by atoms with van der Waals surface area (Å²) >= 11 is 0. The molecule has 18 heavy (non-hydrogen) atoms. The highest BCUT2D eigenvalue weighted by Crippen LogP contribution is 2.17. The molecule has 1 atom stereocenters. The Morgan fingerprint density at radius 2 is 2.28 bits per heavy atom. The third-order valence-corrected chi connectivity index (χ3v) is 4.52. The van der Waals surface area contributed by atoms with Crippen molar-refractivity contribution < 1.29 is 8.42 Å². The van der Waals surface area contributed by atoms with Crippen LogP contribution >= 0.6 is 0 Å². The Morgan fingerprint density at radius 3 is 2.72 bits per heavy atom. The summed E-state index contributed by atoms with van der Waals surface area (Å²) in [6.45, 7) is 1.67. The predicted octanol–water partition coefficient (Wildman–Crippen LogP) is 0.290. The molecule has 98 valence electrons. The number of nitriles is 1. The second-order valence-corrected chi connectivity index (χ2v) is 5.75. The highest BCUT2D eigenvalue weighted by atomic mass is 32.2. The smallest absolute Gasteiger partial charge is 0.244 e. The van der Waals surface area contributed by atoms with Gasteiger partial charge in [0.2, 0.25) is 10.0 Å². The zero-order valence-corrected chi connectivity index (χ0v) is 11.0. The molecule has 0 saturated carbocycles. The van der Waals surface area contributed by atoms with E-state index in [2.05, 4.69) is 10.4 Å². The molecule has 0 spiro atoms. The molecule has 1 aromatic heterocycles. The molecular weight excluding hydrogens is 254 g/mol. The molecule has 0 amide bonds. The summed E-state index contributed by atoms with van der Waals surface area (Å²) in [5, 5.41) is 8.58. The van der Waals surface area contributed by atoms with E-state index in [4.69, 9.17) is 11.1 Å². The van der Waals surface area contributed by atoms with Crippen LogP contribution in [0.2, 0.25) is 0 Å². The van der Waals surface area contributed by atoms with Crippen LogP contribution in [0.3, 0.4) is 0 Å². The molecule has 1 aromatic rings. The Balaban J connectivity index is 3.02. The third kappa shape index (κ3) is 2.95. The van der Waals surface area contributed by atoms with Crippen LogP contribution in [0.5, 0.6) is 0 Å². The first-order valence-corrected chi connectivity index (χ1v) is 6.65. The van der Waals surface area contributed by atoms with Crippen LogP contribution in [0.15, 0.2) is 23.2 Å². The molecule has 0 bridgehead atoms. The zero-order chi connectivity index (χ0) is 13.8. The first kappa shape index (κ1) is 14.4. The molecule has 1 rings (SSSR count). The largest absolute Gasteiger partial charge is 0.308 e. The van der Waals surface area contributed by atoms with Gasteiger partial charge in [-0.3, -0.25) is 0 Å². The van der Waals surface area contributed by atoms with Gasteiger partial charge in [0.05, 0.1) is 12.5 Å². The Morgan fingerprint density at radius 1 is 1.61 bits per heavy atom. The average molecular weight is 269 g/mol. The van der Waals surface area contributed by atoms with Gasteiger partial charge in [0.25, 0.3) is 0 Å². The lowest BCUT2D eigenvalue weighted by Gasteiger charge is -2.22. The van der Waals surface area contributed by atoms with Crippen molar-refractivity contribution in [3.8, 4) is 6.07 Å². The van der Waals surface area contributed by atoms with Crippen molar-refractivity contribution in [2.75, 3.05) is 12.5 Å². The Hall–Kier alpha value is -1.69. The van der Waals surface area contributed by atoms with Gasteiger partial charge in [0, 0.05) is 19.3 Å². The summed E-state index contributed by atoms with van der Waals surface area (Å²) < 4.78 is 25.5. The Kier molecular flexibility index (Phi) is 4.61. The van der Waals surface area contributed by atoms with Crippen LogP contribution < -0.4 is 11.3 Å². The van der Waals surface area contributed by atoms with Crippen molar-refractivity contribution in [1.82, 2.24) is 9.29 Å². The first-order valence-electron chi connectivity index (χ1n) is 5.21. The maximum absolute atomic E-state index is 12.2. The average Bonchev–Trinajstić information content (AvgIpc) is 2.38. The SMILES string of the molecule is CC(CC#N)N(C)S(=O)(=O)c1ccc(NN)nc1. The minimum atomic E-state index is -3.63. The van der Waals surface area contributed by atoms with E-state index in [-0.39, 0.29) is 11.3 Å². The second kappa shape index (κ2) is 5.77. The molecule has 0 aliphatic heterocycles. The molecule has 0 radical (unpaired) electrons. The number of nitrogen functional groups attached to an aromatic ring is 1. The number of nitrogens with one attached hydrogen (secondary N) is 1. The summed E-state index contributed by atoms with van der Waals surface area (Å²) in [4.78, 5) is 3.91. The minimum absolute atomic E-state index is 0.0637. The van der Waals surface area contributed by atoms with Gasteiger partial charge in [-0.15, -0.1) is 0 Å². The number of aromatic nitrogens is 1. The topological polar surface area (TPSA) is 112 Å². The fourth-order valence-corrected chi connectivity index (χ4v) is 2.59. The van der Waals surface area contributed by atoms with Gasteiger partial charge in [0.15, 0.2) is 0 Å². The molecule has 0 saturated heterocycles. The number of hydrogen-bond acceptors (Lipinski definition) is 6. The van der Waals surface area contributed by atoms with E-state index in [9.17, 15) is 8.42 Å². The Bertz CT molecular complexity index is 534. The monoisotopic (exact) mass is 269 g/mol. The van der Waals surface area contributed by atoms with Gasteiger partial charge in [-0.2, -0.15) is 9.57 Å². The van der Waals surface area contributed by atoms with Crippen molar-refractivity contribution in [1.29, 1.82) is 5.26 Å². The molecule has 1 unspecified atom stereocenters. The highest BCUT2D eigenvalue weighted by molar-refractivity contribution is 7.89. The fraction of sp³-hybridized carbons (Fsp3) is 0.400. The molecule has 0 aliphatic rings. The summed E-state index contributed by atoms with van der Waals surface area (Å²) in [7, 11) is -2.20. The van der Waals surface area contributed by atoms with Crippen LogP contribution in [-0.4, -0.2) is 30.8 Å². The number of pyridine rings is 1. The summed E-state index contributed by atoms with van der Waals surface area (Å²) in [5.41, 5.74) is 2.32. The second-order valence-electron chi connectivity index (χ2n) is 3.76. The highest BCUT2D eigenvalue weighted by Gasteiger charge is 2.25. The quantitative estimate of drug-likeness (QED) is 0.587. The number of nitrogens with two attached hydrogens (primary N) is 1. The van der Waals surface area contributed by atoms with E-state index in [0.717, 1.165) is 4.31 Å². The lowest BCUT2D eigenvalue weighted by molar-refractivity contribution is 0.393. The van der Waals surface area contributed by atoms with Gasteiger partial charge in [-0.25, -0.2) is 19.2 Å². The van der Waals surface area contributed by atoms with Crippen molar-refractivity contribution in [3.05, 3.63) is 18.3 Å². The van der Waals surface area contributed by atoms with Gasteiger partial charge in [-0.05, 0) is 19.1 Å². The van der Waals surface area contributed by atoms with Crippen molar-refractivity contribution in [3.63, 3.8) is 0 Å². The zero-order valence-electron chi connectivity index (χ0n) is 10.2. The maximum Gasteiger partial charge on any atom is 0.244 e. The number of sulfonamides is 1. The van der Waals surface area contributed by atoms with Gasteiger partial charge < -0.3 is 5.43 Å². The number of anilines is 1. The molecular formula is C10H15N5O2S. The maximum atomic E-state index is 12.2. The fourth-order valence-electron chi connectivity index (χ4n) is 1.28. The minimum Gasteiger partial charge on any atom is -0.308 e. The number of hydrazine groups is 1. The predicted molar refractivity (Wildman–Crippen MR) is 66.7 cm³/mol. The first-order chi connectivity index (χ1) is 8.43. The molecule has 0 fully saturated rings. The molecule has 0 aliphatic carbocycles. The van der Waals surface area contributed by atoms with Crippen LogP contribution in [0.25, 0.3) is 0 Å². The molecule has 1 heterocycles. The summed E-state index contributed by atoms with van der Waals surface area (Å²) in [5.74, 6) is 5.52. The van der Waals surface area contributed by atoms with E-state index in [1.165, 1.54) is 25.4 Å². The van der Waals surface area contributed by atoms with Crippen molar-refractivity contribution in [2.45, 2.75) is 24.3 Å². The van der Waals surface area contributed by atoms with Crippen LogP contribution in [-0.2, 0) is 10.0 Å². The number of hydrogen-bond donors (Lipinski definition) is 2. The molecule has 3 N–H and O–H groups in total. The van der Waals surface area contributed by atoms with Crippen molar-refractivity contribution in [2.24, 2.45) is 5.84 Å². The van der Waals surface area contributed by atoms with E-state index < -0.39 is 16.1 Å². The van der Waals surface area contributed by atoms with Crippen LogP contribution in [0, 0.1) is 11.3 Å². The number of nitrogens with zero attached hydrogens (tertiary/aromatic N) is 3. The molecule has 8 heteroatoms. The molecule has 0 aromatic carbocycles. The van der Waals surface area contributed by atoms with E-state index in [1.54, 1.807) is 6.92 Å². The summed E-state index contributed by atoms with van der Waals surface area (Å²) in [6.07, 6.45) is 1.35. The lowest BCUT2D eigenvalue weighted by atomic mass is 10.3. The van der Waals surface area contributed by atoms with Gasteiger partial charge >= 0.3 is 0 Å². The normalized spacial score (nSPS) is 13.1. The third-order valence-electron chi connectivity index (χ3n) is 2.57. The van der Waals surface area contributed by atoms with Gasteiger partial charge in [0.1, 0.15) is 10.7 Å². The standard InChI is InChI=1S/C10H15N5O2S/c1-8(5-6-11)15(2)18(16,17)9-3-4-10(14-12)13-7-9/h3-4,7-8H,5,12H2,1-2H3,(H,13,14). The van der Waals surface area contributed by atoms with Crippen LogP contribution in [0.1, 0.15) is 13.3 Å². The molecule has 7 nitrogen and oxygen atoms in total. The number of rotatable bonds is 5. The summed E-state index contributed by atoms with van der Waals surface area (Å²) in [6, 6.07) is 4.42. The van der Waals surface area contributed by atoms with E-state index in [1.807, 2.05) is 6.07 Å². The van der Waals surface area contributed by atoms with E-state index >= 15 is 0 Å². The van der Waals surface area contributed by atoms with Crippen molar-refractivity contribution >= 4 is 15.8 Å². The van der Waals surface area contributed by atoms with Gasteiger partial charge in [-0.1, -0.05) is 0 Å². The van der Waals surface area contributed by atoms with Crippen LogP contribution in [0.4, 0.5) is 5.82 Å². The Labute approximate surface area is 106 Å². The lowest BCUT2D eigenvalue weighted by Crippen LogP contribution is -2.34.